The van der Waals surface area contributed by atoms with Gasteiger partial charge >= 0.3 is 6.61 Å². The van der Waals surface area contributed by atoms with E-state index in [1.54, 1.807) is 12.1 Å². The lowest BCUT2D eigenvalue weighted by molar-refractivity contribution is -0.0504. The Morgan fingerprint density at radius 3 is 2.62 bits per heavy atom. The van der Waals surface area contributed by atoms with E-state index in [4.69, 9.17) is 0 Å². The number of hydrogen-bond acceptors (Lipinski definition) is 3. The number of benzene rings is 1. The number of rotatable bonds is 8. The lowest BCUT2D eigenvalue weighted by Gasteiger charge is -2.23. The molecule has 0 aliphatic rings. The van der Waals surface area contributed by atoms with Crippen molar-refractivity contribution in [1.29, 1.82) is 0 Å². The number of aryl methyl sites for hydroxylation is 1. The minimum absolute atomic E-state index is 0.0453. The van der Waals surface area contributed by atoms with Gasteiger partial charge in [-0.3, -0.25) is 0 Å². The van der Waals surface area contributed by atoms with Crippen molar-refractivity contribution in [1.82, 2.24) is 10.6 Å². The molecule has 0 amide bonds. The Labute approximate surface area is 142 Å². The van der Waals surface area contributed by atoms with Crippen molar-refractivity contribution < 1.29 is 18.6 Å². The number of nitrogens with one attached hydrogen (secondary N) is 2. The Kier molecular flexibility index (Phi) is 7.91. The minimum Gasteiger partial charge on any atom is -0.434 e. The van der Waals surface area contributed by atoms with E-state index in [0.717, 1.165) is 5.56 Å². The lowest BCUT2D eigenvalue weighted by Crippen LogP contribution is -2.43. The Balaban J connectivity index is 2.87. The number of ether oxygens (including phenoxy) is 1. The van der Waals surface area contributed by atoms with Gasteiger partial charge in [-0.15, -0.1) is 0 Å². The Hall–Kier alpha value is -1.89. The molecule has 0 aromatic heterocycles. The lowest BCUT2D eigenvalue weighted by atomic mass is 9.95. The van der Waals surface area contributed by atoms with E-state index in [-0.39, 0.29) is 24.3 Å². The van der Waals surface area contributed by atoms with Gasteiger partial charge in [0.05, 0.1) is 6.54 Å². The molecule has 136 valence electrons. The van der Waals surface area contributed by atoms with Crippen molar-refractivity contribution in [3.63, 3.8) is 0 Å². The maximum Gasteiger partial charge on any atom is 0.387 e. The molecule has 24 heavy (non-hydrogen) atoms. The molecule has 0 aliphatic heterocycles. The van der Waals surface area contributed by atoms with Gasteiger partial charge in [0.1, 0.15) is 5.75 Å². The predicted molar refractivity (Wildman–Crippen MR) is 91.5 cm³/mol. The van der Waals surface area contributed by atoms with Crippen LogP contribution in [0.5, 0.6) is 5.75 Å². The smallest absolute Gasteiger partial charge is 0.387 e. The molecule has 0 spiro atoms. The van der Waals surface area contributed by atoms with E-state index in [1.807, 2.05) is 27.7 Å². The van der Waals surface area contributed by atoms with E-state index >= 15 is 0 Å². The number of alkyl halides is 2. The average Bonchev–Trinajstić information content (AvgIpc) is 2.52. The molecule has 0 bridgehead atoms. The molecule has 1 rings (SSSR count). The van der Waals surface area contributed by atoms with Crippen molar-refractivity contribution in [2.45, 2.75) is 40.9 Å². The van der Waals surface area contributed by atoms with Crippen LogP contribution in [0.15, 0.2) is 23.2 Å². The Morgan fingerprint density at radius 2 is 2.04 bits per heavy atom. The molecule has 0 radical (unpaired) electrons. The van der Waals surface area contributed by atoms with Crippen molar-refractivity contribution in [3.8, 4) is 5.75 Å². The number of halogens is 2. The summed E-state index contributed by atoms with van der Waals surface area (Å²) in [5.41, 5.74) is 1.25. The fraction of sp³-hybridized carbons (Fsp3) is 0.588. The third-order valence-electron chi connectivity index (χ3n) is 3.35. The van der Waals surface area contributed by atoms with Gasteiger partial charge in [-0.1, -0.05) is 31.5 Å². The van der Waals surface area contributed by atoms with Crippen LogP contribution in [0, 0.1) is 12.3 Å². The summed E-state index contributed by atoms with van der Waals surface area (Å²) >= 11 is 0. The van der Waals surface area contributed by atoms with Crippen molar-refractivity contribution >= 4 is 5.96 Å². The highest BCUT2D eigenvalue weighted by Gasteiger charge is 2.17. The quantitative estimate of drug-likeness (QED) is 0.501. The topological polar surface area (TPSA) is 65.9 Å². The molecule has 0 atom stereocenters. The first-order chi connectivity index (χ1) is 11.3. The van der Waals surface area contributed by atoms with E-state index < -0.39 is 6.61 Å². The largest absolute Gasteiger partial charge is 0.434 e. The van der Waals surface area contributed by atoms with Gasteiger partial charge in [0.15, 0.2) is 5.96 Å². The Bertz CT molecular complexity index is 549. The van der Waals surface area contributed by atoms with Crippen LogP contribution in [-0.4, -0.2) is 37.4 Å². The van der Waals surface area contributed by atoms with Gasteiger partial charge in [0, 0.05) is 30.7 Å². The third-order valence-corrected chi connectivity index (χ3v) is 3.35. The molecule has 0 fully saturated rings. The minimum atomic E-state index is -2.87. The summed E-state index contributed by atoms with van der Waals surface area (Å²) < 4.78 is 29.6. The van der Waals surface area contributed by atoms with Crippen LogP contribution >= 0.6 is 0 Å². The van der Waals surface area contributed by atoms with E-state index in [2.05, 4.69) is 20.4 Å². The maximum absolute atomic E-state index is 12.5. The molecule has 0 aliphatic carbocycles. The summed E-state index contributed by atoms with van der Waals surface area (Å²) in [5.74, 6) is 0.689. The SMILES string of the molecule is CCNC(=NCc1cc(C)ccc1OC(F)F)NCC(C)(C)CO. The summed E-state index contributed by atoms with van der Waals surface area (Å²) in [5, 5.41) is 15.5. The fourth-order valence-corrected chi connectivity index (χ4v) is 1.93. The van der Waals surface area contributed by atoms with Crippen LogP contribution in [0.4, 0.5) is 8.78 Å². The summed E-state index contributed by atoms with van der Waals surface area (Å²) in [6.07, 6.45) is 0. The number of nitrogens with zero attached hydrogens (tertiary/aromatic N) is 1. The van der Waals surface area contributed by atoms with E-state index in [0.29, 0.717) is 24.6 Å². The van der Waals surface area contributed by atoms with Crippen molar-refractivity contribution in [3.05, 3.63) is 29.3 Å². The number of aliphatic hydroxyl groups is 1. The third kappa shape index (κ3) is 7.12. The zero-order chi connectivity index (χ0) is 18.2. The average molecular weight is 343 g/mol. The zero-order valence-electron chi connectivity index (χ0n) is 14.7. The molecule has 1 aromatic carbocycles. The molecular formula is C17H27F2N3O2. The highest BCUT2D eigenvalue weighted by atomic mass is 19.3. The van der Waals surface area contributed by atoms with Gasteiger partial charge < -0.3 is 20.5 Å². The second kappa shape index (κ2) is 9.42. The summed E-state index contributed by atoms with van der Waals surface area (Å²) in [6.45, 7) is 6.26. The van der Waals surface area contributed by atoms with Gasteiger partial charge in [0.2, 0.25) is 0 Å². The number of guanidine groups is 1. The van der Waals surface area contributed by atoms with Gasteiger partial charge in [-0.05, 0) is 19.9 Å². The van der Waals surface area contributed by atoms with Gasteiger partial charge in [0.25, 0.3) is 0 Å². The second-order valence-corrected chi connectivity index (χ2v) is 6.36. The van der Waals surface area contributed by atoms with Crippen LogP contribution in [0.1, 0.15) is 31.9 Å². The maximum atomic E-state index is 12.5. The Morgan fingerprint density at radius 1 is 1.33 bits per heavy atom. The monoisotopic (exact) mass is 343 g/mol. The number of aliphatic hydroxyl groups excluding tert-OH is 1. The van der Waals surface area contributed by atoms with Crippen LogP contribution < -0.4 is 15.4 Å². The first-order valence-corrected chi connectivity index (χ1v) is 7.95. The van der Waals surface area contributed by atoms with Crippen molar-refractivity contribution in [2.75, 3.05) is 19.7 Å². The fourth-order valence-electron chi connectivity index (χ4n) is 1.93. The van der Waals surface area contributed by atoms with Crippen LogP contribution in [0.3, 0.4) is 0 Å². The standard InChI is InChI=1S/C17H27F2N3O2/c1-5-20-16(22-10-17(3,4)11-23)21-9-13-8-12(2)6-7-14(13)24-15(18)19/h6-8,15,23H,5,9-11H2,1-4H3,(H2,20,21,22). The van der Waals surface area contributed by atoms with Crippen LogP contribution in [0.25, 0.3) is 0 Å². The summed E-state index contributed by atoms with van der Waals surface area (Å²) in [7, 11) is 0. The predicted octanol–water partition coefficient (Wildman–Crippen LogP) is 2.67. The van der Waals surface area contributed by atoms with Gasteiger partial charge in [-0.25, -0.2) is 4.99 Å². The molecule has 3 N–H and O–H groups in total. The molecular weight excluding hydrogens is 316 g/mol. The zero-order valence-corrected chi connectivity index (χ0v) is 14.7. The number of hydrogen-bond donors (Lipinski definition) is 3. The van der Waals surface area contributed by atoms with Crippen LogP contribution in [-0.2, 0) is 6.54 Å². The summed E-state index contributed by atoms with van der Waals surface area (Å²) in [6, 6.07) is 5.03. The first-order valence-electron chi connectivity index (χ1n) is 7.95. The highest BCUT2D eigenvalue weighted by molar-refractivity contribution is 5.79. The molecule has 0 heterocycles. The number of aliphatic imine (C=N–C) groups is 1. The molecule has 0 unspecified atom stereocenters. The first kappa shape index (κ1) is 20.2. The van der Waals surface area contributed by atoms with Crippen molar-refractivity contribution in [2.24, 2.45) is 10.4 Å². The normalized spacial score (nSPS) is 12.4. The van der Waals surface area contributed by atoms with E-state index in [1.165, 1.54) is 6.07 Å². The van der Waals surface area contributed by atoms with Crippen LogP contribution in [0.2, 0.25) is 0 Å². The van der Waals surface area contributed by atoms with Gasteiger partial charge in [-0.2, -0.15) is 8.78 Å². The van der Waals surface area contributed by atoms with E-state index in [9.17, 15) is 13.9 Å². The summed E-state index contributed by atoms with van der Waals surface area (Å²) in [4.78, 5) is 4.42. The molecule has 0 saturated heterocycles. The molecule has 0 saturated carbocycles. The molecule has 7 heteroatoms. The second-order valence-electron chi connectivity index (χ2n) is 6.36. The molecule has 1 aromatic rings. The molecule has 5 nitrogen and oxygen atoms in total. The highest BCUT2D eigenvalue weighted by Crippen LogP contribution is 2.23.